The second-order valence-corrected chi connectivity index (χ2v) is 7.06. The molecular weight excluding hydrogens is 340 g/mol. The molecule has 144 valence electrons. The lowest BCUT2D eigenvalue weighted by Crippen LogP contribution is -2.36. The molecule has 3 rings (SSSR count). The van der Waals surface area contributed by atoms with Crippen LogP contribution in [-0.4, -0.2) is 43.2 Å². The number of rotatable bonds is 7. The van der Waals surface area contributed by atoms with Crippen LogP contribution in [0.3, 0.4) is 0 Å². The van der Waals surface area contributed by atoms with E-state index in [4.69, 9.17) is 9.47 Å². The molecular formula is C22H28N2O3. The molecule has 1 aliphatic heterocycles. The summed E-state index contributed by atoms with van der Waals surface area (Å²) in [5.74, 6) is 1.45. The molecule has 1 aliphatic rings. The number of nitrogens with one attached hydrogen (secondary N) is 1. The number of nitrogens with zero attached hydrogens (tertiary/aromatic N) is 1. The maximum absolute atomic E-state index is 12.2. The molecule has 2 aromatic rings. The SMILES string of the molecule is C[C@H](Oc1ccccc1)C(=O)NCc1ccc(OC2CCN(C)CC2)cc1. The standard InChI is InChI=1S/C22H28N2O3/c1-17(26-19-6-4-3-5-7-19)22(25)23-16-18-8-10-20(11-9-18)27-21-12-14-24(2)15-13-21/h3-11,17,21H,12-16H2,1-2H3,(H,23,25)/t17-/m0/s1. The molecule has 0 saturated carbocycles. The summed E-state index contributed by atoms with van der Waals surface area (Å²) in [5, 5.41) is 2.91. The number of benzene rings is 2. The fraction of sp³-hybridized carbons (Fsp3) is 0.409. The molecule has 1 amide bonds. The van der Waals surface area contributed by atoms with Gasteiger partial charge in [-0.05, 0) is 56.6 Å². The minimum absolute atomic E-state index is 0.134. The first kappa shape index (κ1) is 19.2. The zero-order valence-electron chi connectivity index (χ0n) is 16.1. The van der Waals surface area contributed by atoms with Gasteiger partial charge in [-0.15, -0.1) is 0 Å². The first-order valence-corrected chi connectivity index (χ1v) is 9.54. The number of piperidine rings is 1. The molecule has 1 heterocycles. The monoisotopic (exact) mass is 368 g/mol. The van der Waals surface area contributed by atoms with Crippen LogP contribution < -0.4 is 14.8 Å². The molecule has 27 heavy (non-hydrogen) atoms. The average Bonchev–Trinajstić information content (AvgIpc) is 2.69. The average molecular weight is 368 g/mol. The lowest BCUT2D eigenvalue weighted by molar-refractivity contribution is -0.127. The van der Waals surface area contributed by atoms with E-state index < -0.39 is 6.10 Å². The number of para-hydroxylation sites is 1. The summed E-state index contributed by atoms with van der Waals surface area (Å²) in [6.45, 7) is 4.38. The van der Waals surface area contributed by atoms with Gasteiger partial charge in [-0.2, -0.15) is 0 Å². The first-order chi connectivity index (χ1) is 13.1. The van der Waals surface area contributed by atoms with Crippen molar-refractivity contribution in [2.75, 3.05) is 20.1 Å². The summed E-state index contributed by atoms with van der Waals surface area (Å²) in [6.07, 6.45) is 1.88. The summed E-state index contributed by atoms with van der Waals surface area (Å²) in [4.78, 5) is 14.5. The van der Waals surface area contributed by atoms with Gasteiger partial charge in [0.2, 0.25) is 0 Å². The number of hydrogen-bond acceptors (Lipinski definition) is 4. The van der Waals surface area contributed by atoms with Gasteiger partial charge in [0.15, 0.2) is 6.10 Å². The van der Waals surface area contributed by atoms with Crippen molar-refractivity contribution in [3.63, 3.8) is 0 Å². The number of ether oxygens (including phenoxy) is 2. The predicted octanol–water partition coefficient (Wildman–Crippen LogP) is 3.24. The van der Waals surface area contributed by atoms with E-state index in [0.29, 0.717) is 18.4 Å². The highest BCUT2D eigenvalue weighted by atomic mass is 16.5. The van der Waals surface area contributed by atoms with Gasteiger partial charge in [-0.25, -0.2) is 0 Å². The lowest BCUT2D eigenvalue weighted by Gasteiger charge is -2.29. The van der Waals surface area contributed by atoms with E-state index in [9.17, 15) is 4.79 Å². The Labute approximate surface area is 161 Å². The largest absolute Gasteiger partial charge is 0.490 e. The molecule has 0 aromatic heterocycles. The molecule has 2 aromatic carbocycles. The molecule has 1 fully saturated rings. The lowest BCUT2D eigenvalue weighted by atomic mass is 10.1. The topological polar surface area (TPSA) is 50.8 Å². The second-order valence-electron chi connectivity index (χ2n) is 7.06. The number of carbonyl (C=O) groups is 1. The van der Waals surface area contributed by atoms with Gasteiger partial charge >= 0.3 is 0 Å². The minimum Gasteiger partial charge on any atom is -0.490 e. The minimum atomic E-state index is -0.542. The van der Waals surface area contributed by atoms with Crippen LogP contribution in [-0.2, 0) is 11.3 Å². The number of amides is 1. The molecule has 5 heteroatoms. The van der Waals surface area contributed by atoms with Crippen molar-refractivity contribution in [1.82, 2.24) is 10.2 Å². The van der Waals surface area contributed by atoms with Gasteiger partial charge in [0.25, 0.3) is 5.91 Å². The van der Waals surface area contributed by atoms with Gasteiger partial charge in [0, 0.05) is 19.6 Å². The van der Waals surface area contributed by atoms with Crippen LogP contribution in [0.2, 0.25) is 0 Å². The van der Waals surface area contributed by atoms with Crippen molar-refractivity contribution in [3.05, 3.63) is 60.2 Å². The smallest absolute Gasteiger partial charge is 0.261 e. The fourth-order valence-electron chi connectivity index (χ4n) is 3.07. The number of hydrogen-bond donors (Lipinski definition) is 1. The molecule has 1 saturated heterocycles. The quantitative estimate of drug-likeness (QED) is 0.815. The van der Waals surface area contributed by atoms with Crippen LogP contribution >= 0.6 is 0 Å². The molecule has 1 N–H and O–H groups in total. The van der Waals surface area contributed by atoms with Crippen molar-refractivity contribution in [1.29, 1.82) is 0 Å². The molecule has 0 bridgehead atoms. The van der Waals surface area contributed by atoms with Crippen molar-refractivity contribution in [2.45, 2.75) is 38.5 Å². The van der Waals surface area contributed by atoms with E-state index in [1.165, 1.54) is 0 Å². The number of likely N-dealkylation sites (tertiary alicyclic amines) is 1. The highest BCUT2D eigenvalue weighted by molar-refractivity contribution is 5.80. The van der Waals surface area contributed by atoms with Crippen LogP contribution in [0.15, 0.2) is 54.6 Å². The summed E-state index contributed by atoms with van der Waals surface area (Å²) >= 11 is 0. The molecule has 1 atom stereocenters. The van der Waals surface area contributed by atoms with E-state index in [-0.39, 0.29) is 5.91 Å². The maximum atomic E-state index is 12.2. The Morgan fingerprint density at radius 1 is 1.07 bits per heavy atom. The summed E-state index contributed by atoms with van der Waals surface area (Å²) in [6, 6.07) is 17.3. The Morgan fingerprint density at radius 2 is 1.74 bits per heavy atom. The third-order valence-corrected chi connectivity index (χ3v) is 4.78. The Balaban J connectivity index is 1.43. The van der Waals surface area contributed by atoms with Gasteiger partial charge in [0.05, 0.1) is 0 Å². The fourth-order valence-corrected chi connectivity index (χ4v) is 3.07. The summed E-state index contributed by atoms with van der Waals surface area (Å²) < 4.78 is 11.7. The first-order valence-electron chi connectivity index (χ1n) is 9.54. The van der Waals surface area contributed by atoms with E-state index in [0.717, 1.165) is 37.2 Å². The van der Waals surface area contributed by atoms with Gasteiger partial charge < -0.3 is 19.7 Å². The molecule has 0 spiro atoms. The molecule has 0 unspecified atom stereocenters. The van der Waals surface area contributed by atoms with Crippen LogP contribution in [0.1, 0.15) is 25.3 Å². The zero-order valence-corrected chi connectivity index (χ0v) is 16.1. The Bertz CT molecular complexity index is 710. The van der Waals surface area contributed by atoms with Gasteiger partial charge in [-0.3, -0.25) is 4.79 Å². The Morgan fingerprint density at radius 3 is 2.41 bits per heavy atom. The summed E-state index contributed by atoms with van der Waals surface area (Å²) in [5.41, 5.74) is 1.03. The van der Waals surface area contributed by atoms with Crippen LogP contribution in [0.25, 0.3) is 0 Å². The summed E-state index contributed by atoms with van der Waals surface area (Å²) in [7, 11) is 2.14. The Hall–Kier alpha value is -2.53. The highest BCUT2D eigenvalue weighted by Gasteiger charge is 2.18. The van der Waals surface area contributed by atoms with E-state index >= 15 is 0 Å². The Kier molecular flexibility index (Phi) is 6.71. The highest BCUT2D eigenvalue weighted by Crippen LogP contribution is 2.19. The van der Waals surface area contributed by atoms with Crippen molar-refractivity contribution < 1.29 is 14.3 Å². The van der Waals surface area contributed by atoms with Crippen molar-refractivity contribution in [2.24, 2.45) is 0 Å². The van der Waals surface area contributed by atoms with Crippen molar-refractivity contribution in [3.8, 4) is 11.5 Å². The van der Waals surface area contributed by atoms with E-state index in [1.54, 1.807) is 6.92 Å². The predicted molar refractivity (Wildman–Crippen MR) is 106 cm³/mol. The molecule has 5 nitrogen and oxygen atoms in total. The normalized spacial score (nSPS) is 16.5. The van der Waals surface area contributed by atoms with Crippen molar-refractivity contribution >= 4 is 5.91 Å². The maximum Gasteiger partial charge on any atom is 0.261 e. The number of carbonyl (C=O) groups excluding carboxylic acids is 1. The van der Waals surface area contributed by atoms with Crippen LogP contribution in [0.5, 0.6) is 11.5 Å². The van der Waals surface area contributed by atoms with E-state index in [2.05, 4.69) is 17.3 Å². The third kappa shape index (κ3) is 6.00. The van der Waals surface area contributed by atoms with E-state index in [1.807, 2.05) is 54.6 Å². The molecule has 0 aliphatic carbocycles. The van der Waals surface area contributed by atoms with Crippen LogP contribution in [0.4, 0.5) is 0 Å². The zero-order chi connectivity index (χ0) is 19.1. The third-order valence-electron chi connectivity index (χ3n) is 4.78. The second kappa shape index (κ2) is 9.42. The van der Waals surface area contributed by atoms with Gasteiger partial charge in [0.1, 0.15) is 17.6 Å². The molecule has 0 radical (unpaired) electrons. The van der Waals surface area contributed by atoms with Crippen LogP contribution in [0, 0.1) is 0 Å². The van der Waals surface area contributed by atoms with Gasteiger partial charge in [-0.1, -0.05) is 30.3 Å².